The molecule has 0 spiro atoms. The van der Waals surface area contributed by atoms with Gasteiger partial charge in [-0.3, -0.25) is 9.59 Å². The summed E-state index contributed by atoms with van der Waals surface area (Å²) in [4.78, 5) is 29.3. The lowest BCUT2D eigenvalue weighted by atomic mass is 10.1. The largest absolute Gasteiger partial charge is 0.356 e. The number of nitrogens with two attached hydrogens (primary N) is 2. The standard InChI is InChI=1S/C36H76N6O2/c1-3-5-7-9-11-13-15-17-19-21-27-39-35(43)23-29-41(31-25-37)33-34-42(32-26-38)30-24-36(44)40-28-22-20-18-16-14-12-10-8-6-4-2/h3-34,37-38H2,1-2H3,(H,39,43)(H,40,44). The van der Waals surface area contributed by atoms with Crippen molar-refractivity contribution in [3.05, 3.63) is 0 Å². The molecule has 0 unspecified atom stereocenters. The van der Waals surface area contributed by atoms with Gasteiger partial charge in [0.05, 0.1) is 0 Å². The first-order valence-electron chi connectivity index (χ1n) is 19.0. The van der Waals surface area contributed by atoms with Crippen LogP contribution in [0.25, 0.3) is 0 Å². The second kappa shape index (κ2) is 34.6. The average Bonchev–Trinajstić information content (AvgIpc) is 3.02. The molecule has 0 rings (SSSR count). The molecule has 0 aliphatic carbocycles. The van der Waals surface area contributed by atoms with Gasteiger partial charge in [-0.05, 0) is 12.8 Å². The van der Waals surface area contributed by atoms with Crippen molar-refractivity contribution in [2.45, 2.75) is 155 Å². The summed E-state index contributed by atoms with van der Waals surface area (Å²) in [5.74, 6) is 0.252. The molecule has 0 atom stereocenters. The predicted octanol–water partition coefficient (Wildman–Crippen LogP) is 6.36. The molecule has 0 aliphatic heterocycles. The van der Waals surface area contributed by atoms with Crippen molar-refractivity contribution in [3.8, 4) is 0 Å². The van der Waals surface area contributed by atoms with E-state index in [0.29, 0.717) is 39.0 Å². The van der Waals surface area contributed by atoms with Crippen molar-refractivity contribution in [1.82, 2.24) is 20.4 Å². The Bertz CT molecular complexity index is 569. The molecule has 0 heterocycles. The first kappa shape index (κ1) is 42.8. The smallest absolute Gasteiger partial charge is 0.221 e. The van der Waals surface area contributed by atoms with E-state index in [-0.39, 0.29) is 11.8 Å². The molecule has 0 aromatic rings. The van der Waals surface area contributed by atoms with Gasteiger partial charge >= 0.3 is 0 Å². The summed E-state index contributed by atoms with van der Waals surface area (Å²) in [5, 5.41) is 6.19. The third-order valence-electron chi connectivity index (χ3n) is 8.64. The van der Waals surface area contributed by atoms with Gasteiger partial charge < -0.3 is 31.9 Å². The normalized spacial score (nSPS) is 11.5. The van der Waals surface area contributed by atoms with Crippen molar-refractivity contribution < 1.29 is 9.59 Å². The quantitative estimate of drug-likeness (QED) is 0.0610. The van der Waals surface area contributed by atoms with Crippen LogP contribution in [0.4, 0.5) is 0 Å². The monoisotopic (exact) mass is 625 g/mol. The van der Waals surface area contributed by atoms with Crippen LogP contribution in [0.2, 0.25) is 0 Å². The van der Waals surface area contributed by atoms with Crippen LogP contribution in [-0.2, 0) is 9.59 Å². The van der Waals surface area contributed by atoms with Crippen LogP contribution in [0.1, 0.15) is 155 Å². The van der Waals surface area contributed by atoms with E-state index in [2.05, 4.69) is 34.3 Å². The highest BCUT2D eigenvalue weighted by atomic mass is 16.2. The Morgan fingerprint density at radius 1 is 0.432 bits per heavy atom. The van der Waals surface area contributed by atoms with E-state index >= 15 is 0 Å². The summed E-state index contributed by atoms with van der Waals surface area (Å²) < 4.78 is 0. The van der Waals surface area contributed by atoms with Crippen LogP contribution in [-0.4, -0.2) is 87.1 Å². The minimum absolute atomic E-state index is 0.126. The van der Waals surface area contributed by atoms with Crippen molar-refractivity contribution >= 4 is 11.8 Å². The van der Waals surface area contributed by atoms with Crippen LogP contribution in [0, 0.1) is 0 Å². The lowest BCUT2D eigenvalue weighted by Crippen LogP contribution is -2.42. The highest BCUT2D eigenvalue weighted by Crippen LogP contribution is 2.11. The van der Waals surface area contributed by atoms with Crippen LogP contribution in [0.3, 0.4) is 0 Å². The maximum Gasteiger partial charge on any atom is 0.221 e. The average molecular weight is 625 g/mol. The fourth-order valence-corrected chi connectivity index (χ4v) is 5.70. The number of nitrogens with one attached hydrogen (secondary N) is 2. The van der Waals surface area contributed by atoms with Gasteiger partial charge in [0, 0.05) is 78.3 Å². The van der Waals surface area contributed by atoms with E-state index < -0.39 is 0 Å². The van der Waals surface area contributed by atoms with Gasteiger partial charge in [0.25, 0.3) is 0 Å². The first-order chi connectivity index (χ1) is 21.6. The van der Waals surface area contributed by atoms with E-state index in [9.17, 15) is 9.59 Å². The van der Waals surface area contributed by atoms with Crippen LogP contribution in [0.5, 0.6) is 0 Å². The highest BCUT2D eigenvalue weighted by Gasteiger charge is 2.12. The number of carbonyl (C=O) groups is 2. The molecule has 0 aliphatic rings. The number of hydrogen-bond donors (Lipinski definition) is 4. The maximum absolute atomic E-state index is 12.4. The van der Waals surface area contributed by atoms with Gasteiger partial charge in [0.15, 0.2) is 0 Å². The van der Waals surface area contributed by atoms with Gasteiger partial charge in [0.2, 0.25) is 11.8 Å². The zero-order chi connectivity index (χ0) is 32.4. The molecular weight excluding hydrogens is 548 g/mol. The molecule has 0 aromatic heterocycles. The molecular formula is C36H76N6O2. The lowest BCUT2D eigenvalue weighted by Gasteiger charge is -2.27. The number of carbonyl (C=O) groups excluding carboxylic acids is 2. The van der Waals surface area contributed by atoms with Gasteiger partial charge in [-0.15, -0.1) is 0 Å². The third-order valence-corrected chi connectivity index (χ3v) is 8.64. The van der Waals surface area contributed by atoms with Gasteiger partial charge in [-0.2, -0.15) is 0 Å². The Morgan fingerprint density at radius 2 is 0.727 bits per heavy atom. The van der Waals surface area contributed by atoms with Crippen molar-refractivity contribution in [3.63, 3.8) is 0 Å². The van der Waals surface area contributed by atoms with Gasteiger partial charge in [-0.25, -0.2) is 0 Å². The van der Waals surface area contributed by atoms with Gasteiger partial charge in [0.1, 0.15) is 0 Å². The first-order valence-corrected chi connectivity index (χ1v) is 19.0. The predicted molar refractivity (Wildman–Crippen MR) is 190 cm³/mol. The van der Waals surface area contributed by atoms with Crippen molar-refractivity contribution in [1.29, 1.82) is 0 Å². The van der Waals surface area contributed by atoms with Crippen molar-refractivity contribution in [2.75, 3.05) is 65.4 Å². The molecule has 44 heavy (non-hydrogen) atoms. The Hall–Kier alpha value is -1.22. The topological polar surface area (TPSA) is 117 Å². The third kappa shape index (κ3) is 30.8. The van der Waals surface area contributed by atoms with E-state index in [0.717, 1.165) is 52.1 Å². The minimum atomic E-state index is 0.126. The summed E-state index contributed by atoms with van der Waals surface area (Å²) in [6.45, 7) is 11.8. The number of amides is 2. The summed E-state index contributed by atoms with van der Waals surface area (Å²) in [6.07, 6.45) is 27.0. The van der Waals surface area contributed by atoms with Crippen LogP contribution in [0.15, 0.2) is 0 Å². The summed E-state index contributed by atoms with van der Waals surface area (Å²) in [6, 6.07) is 0. The van der Waals surface area contributed by atoms with E-state index in [1.54, 1.807) is 0 Å². The summed E-state index contributed by atoms with van der Waals surface area (Å²) >= 11 is 0. The van der Waals surface area contributed by atoms with Crippen LogP contribution >= 0.6 is 0 Å². The van der Waals surface area contributed by atoms with Gasteiger partial charge in [-0.1, -0.05) is 129 Å². The zero-order valence-electron chi connectivity index (χ0n) is 29.5. The summed E-state index contributed by atoms with van der Waals surface area (Å²) in [7, 11) is 0. The Kier molecular flexibility index (Phi) is 33.7. The molecule has 8 heteroatoms. The number of unbranched alkanes of at least 4 members (excludes halogenated alkanes) is 18. The molecule has 8 nitrogen and oxygen atoms in total. The molecule has 0 aromatic carbocycles. The Labute approximate surface area is 273 Å². The molecule has 0 saturated carbocycles. The molecule has 0 fully saturated rings. The minimum Gasteiger partial charge on any atom is -0.356 e. The summed E-state index contributed by atoms with van der Waals surface area (Å²) in [5.41, 5.74) is 11.7. The Morgan fingerprint density at radius 3 is 1.02 bits per heavy atom. The molecule has 0 saturated heterocycles. The van der Waals surface area contributed by atoms with E-state index in [1.807, 2.05) is 0 Å². The maximum atomic E-state index is 12.4. The molecule has 0 bridgehead atoms. The molecule has 6 N–H and O–H groups in total. The fraction of sp³-hybridized carbons (Fsp3) is 0.944. The zero-order valence-corrected chi connectivity index (χ0v) is 29.5. The van der Waals surface area contributed by atoms with Crippen LogP contribution < -0.4 is 22.1 Å². The number of nitrogens with zero attached hydrogens (tertiary/aromatic N) is 2. The SMILES string of the molecule is CCCCCCCCCCCCNC(=O)CCN(CCN)CCN(CCN)CCC(=O)NCCCCCCCCCCCC. The molecule has 2 amide bonds. The second-order valence-electron chi connectivity index (χ2n) is 12.8. The number of hydrogen-bond acceptors (Lipinski definition) is 6. The highest BCUT2D eigenvalue weighted by molar-refractivity contribution is 5.76. The number of rotatable bonds is 35. The van der Waals surface area contributed by atoms with E-state index in [4.69, 9.17) is 11.5 Å². The lowest BCUT2D eigenvalue weighted by molar-refractivity contribution is -0.122. The molecule has 262 valence electrons. The second-order valence-corrected chi connectivity index (χ2v) is 12.8. The van der Waals surface area contributed by atoms with E-state index in [1.165, 1.54) is 116 Å². The molecule has 0 radical (unpaired) electrons. The fourth-order valence-electron chi connectivity index (χ4n) is 5.70. The van der Waals surface area contributed by atoms with Crippen molar-refractivity contribution in [2.24, 2.45) is 11.5 Å². The Balaban J connectivity index is 3.97.